The van der Waals surface area contributed by atoms with Gasteiger partial charge in [-0.2, -0.15) is 0 Å². The van der Waals surface area contributed by atoms with Crippen LogP contribution in [0.4, 0.5) is 17.2 Å². The van der Waals surface area contributed by atoms with Crippen molar-refractivity contribution in [3.05, 3.63) is 102 Å². The number of amides is 1. The van der Waals surface area contributed by atoms with Gasteiger partial charge in [0.2, 0.25) is 0 Å². The number of rotatable bonds is 8. The Hall–Kier alpha value is -3.99. The van der Waals surface area contributed by atoms with Gasteiger partial charge in [-0.25, -0.2) is 9.97 Å². The van der Waals surface area contributed by atoms with E-state index in [-0.39, 0.29) is 5.91 Å². The Kier molecular flexibility index (Phi) is 7.10. The van der Waals surface area contributed by atoms with Crippen molar-refractivity contribution >= 4 is 23.1 Å². The third-order valence-corrected chi connectivity index (χ3v) is 5.39. The van der Waals surface area contributed by atoms with E-state index in [1.54, 1.807) is 12.3 Å². The molecule has 0 fully saturated rings. The third kappa shape index (κ3) is 6.04. The molecule has 0 saturated heterocycles. The van der Waals surface area contributed by atoms with E-state index in [0.29, 0.717) is 17.2 Å². The summed E-state index contributed by atoms with van der Waals surface area (Å²) in [6.45, 7) is 4.24. The largest absolute Gasteiger partial charge is 0.340 e. The van der Waals surface area contributed by atoms with Crippen LogP contribution in [0.3, 0.4) is 0 Å². The summed E-state index contributed by atoms with van der Waals surface area (Å²) in [6.07, 6.45) is 5.13. The molecule has 1 aromatic heterocycles. The summed E-state index contributed by atoms with van der Waals surface area (Å²) in [6, 6.07) is 25.4. The summed E-state index contributed by atoms with van der Waals surface area (Å²) in [5.41, 5.74) is 5.58. The highest BCUT2D eigenvalue weighted by Crippen LogP contribution is 2.21. The molecule has 5 heteroatoms. The van der Waals surface area contributed by atoms with Crippen molar-refractivity contribution in [3.63, 3.8) is 0 Å². The van der Waals surface area contributed by atoms with Crippen molar-refractivity contribution in [2.75, 3.05) is 10.6 Å². The van der Waals surface area contributed by atoms with Gasteiger partial charge in [-0.05, 0) is 61.7 Å². The van der Waals surface area contributed by atoms with Crippen LogP contribution in [0.1, 0.15) is 41.3 Å². The van der Waals surface area contributed by atoms with Crippen molar-refractivity contribution in [1.29, 1.82) is 0 Å². The van der Waals surface area contributed by atoms with Crippen molar-refractivity contribution in [2.24, 2.45) is 0 Å². The molecule has 0 unspecified atom stereocenters. The minimum Gasteiger partial charge on any atom is -0.340 e. The Morgan fingerprint density at radius 2 is 1.70 bits per heavy atom. The van der Waals surface area contributed by atoms with Crippen LogP contribution < -0.4 is 10.6 Å². The lowest BCUT2D eigenvalue weighted by Gasteiger charge is -2.10. The molecule has 1 amide bonds. The predicted octanol–water partition coefficient (Wildman–Crippen LogP) is 6.79. The second kappa shape index (κ2) is 10.6. The van der Waals surface area contributed by atoms with Gasteiger partial charge in [0, 0.05) is 28.7 Å². The van der Waals surface area contributed by atoms with Gasteiger partial charge in [0.05, 0.1) is 0 Å². The summed E-state index contributed by atoms with van der Waals surface area (Å²) in [5.74, 6) is 1.17. The Morgan fingerprint density at radius 1 is 0.909 bits per heavy atom. The Morgan fingerprint density at radius 3 is 2.45 bits per heavy atom. The molecule has 4 aromatic rings. The number of aryl methyl sites for hydroxylation is 2. The molecule has 0 atom stereocenters. The van der Waals surface area contributed by atoms with Crippen LogP contribution in [0.25, 0.3) is 11.4 Å². The van der Waals surface area contributed by atoms with E-state index in [0.717, 1.165) is 23.4 Å². The number of benzene rings is 3. The molecule has 5 nitrogen and oxygen atoms in total. The number of carbonyl (C=O) groups is 1. The van der Waals surface area contributed by atoms with Gasteiger partial charge in [-0.15, -0.1) is 0 Å². The number of hydrogen-bond acceptors (Lipinski definition) is 4. The monoisotopic (exact) mass is 436 g/mol. The first kappa shape index (κ1) is 22.2. The molecule has 0 radical (unpaired) electrons. The molecular formula is C28H28N4O. The first-order valence-electron chi connectivity index (χ1n) is 11.3. The van der Waals surface area contributed by atoms with E-state index in [1.807, 2.05) is 67.6 Å². The Balaban J connectivity index is 1.44. The maximum absolute atomic E-state index is 12.8. The lowest BCUT2D eigenvalue weighted by atomic mass is 10.1. The van der Waals surface area contributed by atoms with Crippen LogP contribution >= 0.6 is 0 Å². The molecule has 3 aromatic carbocycles. The predicted molar refractivity (Wildman–Crippen MR) is 135 cm³/mol. The minimum atomic E-state index is -0.150. The molecule has 33 heavy (non-hydrogen) atoms. The average Bonchev–Trinajstić information content (AvgIpc) is 2.84. The normalized spacial score (nSPS) is 10.6. The summed E-state index contributed by atoms with van der Waals surface area (Å²) in [7, 11) is 0. The number of nitrogens with zero attached hydrogens (tertiary/aromatic N) is 2. The summed E-state index contributed by atoms with van der Waals surface area (Å²) in [5, 5.41) is 6.26. The molecule has 4 rings (SSSR count). The van der Waals surface area contributed by atoms with Gasteiger partial charge >= 0.3 is 0 Å². The Labute approximate surface area is 194 Å². The van der Waals surface area contributed by atoms with Crippen molar-refractivity contribution in [1.82, 2.24) is 9.97 Å². The first-order chi connectivity index (χ1) is 16.1. The second-order valence-corrected chi connectivity index (χ2v) is 8.09. The van der Waals surface area contributed by atoms with Crippen LogP contribution in [0.5, 0.6) is 0 Å². The zero-order valence-electron chi connectivity index (χ0n) is 19.0. The van der Waals surface area contributed by atoms with Crippen molar-refractivity contribution in [2.45, 2.75) is 33.1 Å². The minimum absolute atomic E-state index is 0.150. The van der Waals surface area contributed by atoms with Gasteiger partial charge in [-0.1, -0.05) is 61.4 Å². The Bertz CT molecular complexity index is 1220. The average molecular weight is 437 g/mol. The second-order valence-electron chi connectivity index (χ2n) is 8.09. The molecule has 0 aliphatic heterocycles. The number of aromatic nitrogens is 2. The fraction of sp³-hybridized carbons (Fsp3) is 0.179. The summed E-state index contributed by atoms with van der Waals surface area (Å²) in [4.78, 5) is 21.8. The fourth-order valence-electron chi connectivity index (χ4n) is 3.50. The molecule has 0 bridgehead atoms. The number of unbranched alkanes of at least 4 members (excludes halogenated alkanes) is 1. The number of nitrogens with one attached hydrogen (secondary N) is 2. The van der Waals surface area contributed by atoms with Gasteiger partial charge in [0.1, 0.15) is 5.82 Å². The summed E-state index contributed by atoms with van der Waals surface area (Å²) < 4.78 is 0. The molecule has 1 heterocycles. The van der Waals surface area contributed by atoms with Gasteiger partial charge in [0.25, 0.3) is 5.91 Å². The van der Waals surface area contributed by atoms with E-state index in [4.69, 9.17) is 0 Å². The van der Waals surface area contributed by atoms with E-state index in [1.165, 1.54) is 24.0 Å². The van der Waals surface area contributed by atoms with Crippen LogP contribution in [0.15, 0.2) is 85.1 Å². The summed E-state index contributed by atoms with van der Waals surface area (Å²) >= 11 is 0. The highest BCUT2D eigenvalue weighted by molar-refractivity contribution is 6.04. The van der Waals surface area contributed by atoms with E-state index < -0.39 is 0 Å². The molecular weight excluding hydrogens is 408 g/mol. The zero-order valence-corrected chi connectivity index (χ0v) is 19.0. The highest BCUT2D eigenvalue weighted by atomic mass is 16.1. The number of anilines is 3. The molecule has 0 spiro atoms. The zero-order chi connectivity index (χ0) is 23.0. The molecule has 0 aliphatic rings. The first-order valence-corrected chi connectivity index (χ1v) is 11.3. The maximum atomic E-state index is 12.8. The van der Waals surface area contributed by atoms with Crippen LogP contribution in [0.2, 0.25) is 0 Å². The van der Waals surface area contributed by atoms with Crippen LogP contribution in [-0.4, -0.2) is 15.9 Å². The third-order valence-electron chi connectivity index (χ3n) is 5.39. The van der Waals surface area contributed by atoms with Crippen molar-refractivity contribution < 1.29 is 4.79 Å². The smallest absolute Gasteiger partial charge is 0.255 e. The van der Waals surface area contributed by atoms with E-state index in [2.05, 4.69) is 39.7 Å². The maximum Gasteiger partial charge on any atom is 0.255 e. The topological polar surface area (TPSA) is 66.9 Å². The highest BCUT2D eigenvalue weighted by Gasteiger charge is 2.08. The standard InChI is InChI=1S/C28H28N4O/c1-3-4-6-21-11-15-24(16-12-21)31-28(33)23-7-5-8-25(19-23)30-26-17-18-29-27(32-26)22-13-9-20(2)10-14-22/h5,7-19H,3-4,6H2,1-2H3,(H,31,33)(H,29,30,32). The fourth-order valence-corrected chi connectivity index (χ4v) is 3.50. The van der Waals surface area contributed by atoms with Gasteiger partial charge in [0.15, 0.2) is 5.82 Å². The van der Waals surface area contributed by atoms with Crippen LogP contribution in [0, 0.1) is 6.92 Å². The molecule has 0 aliphatic carbocycles. The quantitative estimate of drug-likeness (QED) is 0.319. The van der Waals surface area contributed by atoms with E-state index >= 15 is 0 Å². The SMILES string of the molecule is CCCCc1ccc(NC(=O)c2cccc(Nc3ccnc(-c4ccc(C)cc4)n3)c2)cc1. The van der Waals surface area contributed by atoms with Gasteiger partial charge < -0.3 is 10.6 Å². The molecule has 2 N–H and O–H groups in total. The van der Waals surface area contributed by atoms with Gasteiger partial charge in [-0.3, -0.25) is 4.79 Å². The van der Waals surface area contributed by atoms with Crippen molar-refractivity contribution in [3.8, 4) is 11.4 Å². The van der Waals surface area contributed by atoms with E-state index in [9.17, 15) is 4.79 Å². The van der Waals surface area contributed by atoms with Crippen LogP contribution in [-0.2, 0) is 6.42 Å². The molecule has 166 valence electrons. The lowest BCUT2D eigenvalue weighted by Crippen LogP contribution is -2.12. The lowest BCUT2D eigenvalue weighted by molar-refractivity contribution is 0.102. The molecule has 0 saturated carbocycles. The number of hydrogen-bond donors (Lipinski definition) is 2. The number of carbonyl (C=O) groups excluding carboxylic acids is 1.